The van der Waals surface area contributed by atoms with Gasteiger partial charge in [-0.2, -0.15) is 0 Å². The minimum Gasteiger partial charge on any atom is -0.310 e. The van der Waals surface area contributed by atoms with E-state index in [1.807, 2.05) is 12.4 Å². The van der Waals surface area contributed by atoms with Crippen LogP contribution in [0.5, 0.6) is 0 Å². The Bertz CT molecular complexity index is 2220. The van der Waals surface area contributed by atoms with Crippen molar-refractivity contribution in [3.63, 3.8) is 0 Å². The van der Waals surface area contributed by atoms with Crippen LogP contribution in [-0.2, 0) is 10.8 Å². The summed E-state index contributed by atoms with van der Waals surface area (Å²) in [6, 6.07) is 40.3. The van der Waals surface area contributed by atoms with Gasteiger partial charge in [-0.1, -0.05) is 93.9 Å². The number of fused-ring (bicyclic) bond motifs is 4. The second kappa shape index (κ2) is 9.37. The number of aromatic nitrogens is 2. The van der Waals surface area contributed by atoms with Crippen LogP contribution in [0.2, 0.25) is 0 Å². The summed E-state index contributed by atoms with van der Waals surface area (Å²) >= 11 is 0. The van der Waals surface area contributed by atoms with Crippen LogP contribution in [0.4, 0.5) is 17.1 Å². The number of rotatable bonds is 3. The predicted octanol–water partition coefficient (Wildman–Crippen LogP) is 11.2. The summed E-state index contributed by atoms with van der Waals surface area (Å²) in [5.41, 5.74) is 14.1. The molecule has 2 heterocycles. The molecule has 9 rings (SSSR count). The van der Waals surface area contributed by atoms with Gasteiger partial charge in [0, 0.05) is 62.2 Å². The molecule has 0 N–H and O–H groups in total. The molecule has 0 unspecified atom stereocenters. The van der Waals surface area contributed by atoms with Crippen molar-refractivity contribution in [3.05, 3.63) is 149 Å². The van der Waals surface area contributed by atoms with Crippen LogP contribution in [0.3, 0.4) is 0 Å². The van der Waals surface area contributed by atoms with Gasteiger partial charge in [-0.05, 0) is 88.5 Å². The SMILES string of the molecule is Cc1ccc(N(c2ccc3c(c2)-c2nccc4cccc(c24)C3(C)C)c2ccc3c(c2)-c2nccc4cccc(c24)C3(C)C)cc1. The van der Waals surface area contributed by atoms with Crippen LogP contribution < -0.4 is 4.90 Å². The molecule has 2 aromatic heterocycles. The van der Waals surface area contributed by atoms with Gasteiger partial charge in [-0.15, -0.1) is 0 Å². The molecule has 5 aromatic carbocycles. The standard InChI is InChI=1S/C43H35N3/c1-26-12-14-29(15-13-26)46(30-16-18-34-32(24-30)40-38-27(20-22-44-40)8-6-10-36(38)42(34,2)3)31-17-19-35-33(25-31)41-39-28(21-23-45-41)9-7-11-37(39)43(35,4)5/h6-25H,1-5H3. The van der Waals surface area contributed by atoms with Gasteiger partial charge < -0.3 is 4.90 Å². The lowest BCUT2D eigenvalue weighted by molar-refractivity contribution is 0.644. The van der Waals surface area contributed by atoms with E-state index in [-0.39, 0.29) is 10.8 Å². The zero-order valence-corrected chi connectivity index (χ0v) is 26.9. The third-order valence-electron chi connectivity index (χ3n) is 10.6. The maximum absolute atomic E-state index is 4.99. The molecule has 0 bridgehead atoms. The van der Waals surface area contributed by atoms with E-state index >= 15 is 0 Å². The monoisotopic (exact) mass is 593 g/mol. The second-order valence-electron chi connectivity index (χ2n) is 14.0. The number of aryl methyl sites for hydroxylation is 1. The fraction of sp³-hybridized carbons (Fsp3) is 0.163. The Kier molecular flexibility index (Phi) is 5.51. The second-order valence-corrected chi connectivity index (χ2v) is 14.0. The molecule has 0 amide bonds. The maximum Gasteiger partial charge on any atom is 0.0787 e. The van der Waals surface area contributed by atoms with Crippen molar-refractivity contribution < 1.29 is 0 Å². The van der Waals surface area contributed by atoms with E-state index in [4.69, 9.17) is 9.97 Å². The first-order chi connectivity index (χ1) is 22.2. The summed E-state index contributed by atoms with van der Waals surface area (Å²) in [6.45, 7) is 11.5. The Hall–Kier alpha value is -5.28. The van der Waals surface area contributed by atoms with E-state index < -0.39 is 0 Å². The molecule has 0 radical (unpaired) electrons. The summed E-state index contributed by atoms with van der Waals surface area (Å²) in [6.07, 6.45) is 3.90. The summed E-state index contributed by atoms with van der Waals surface area (Å²) in [7, 11) is 0. The molecule has 7 aromatic rings. The number of pyridine rings is 2. The Labute approximate surface area is 270 Å². The van der Waals surface area contributed by atoms with E-state index in [0.717, 1.165) is 28.5 Å². The molecule has 0 saturated heterocycles. The van der Waals surface area contributed by atoms with Crippen molar-refractivity contribution in [3.8, 4) is 22.5 Å². The van der Waals surface area contributed by atoms with Gasteiger partial charge >= 0.3 is 0 Å². The van der Waals surface area contributed by atoms with Crippen LogP contribution in [0.1, 0.15) is 55.5 Å². The molecule has 46 heavy (non-hydrogen) atoms. The number of anilines is 3. The van der Waals surface area contributed by atoms with E-state index in [9.17, 15) is 0 Å². The van der Waals surface area contributed by atoms with E-state index in [0.29, 0.717) is 0 Å². The fourth-order valence-electron chi connectivity index (χ4n) is 8.17. The minimum atomic E-state index is -0.146. The normalized spacial score (nSPS) is 15.0. The molecule has 2 aliphatic rings. The molecular weight excluding hydrogens is 558 g/mol. The lowest BCUT2D eigenvalue weighted by Gasteiger charge is -2.37. The highest BCUT2D eigenvalue weighted by Crippen LogP contribution is 2.52. The highest BCUT2D eigenvalue weighted by molar-refractivity contribution is 6.03. The van der Waals surface area contributed by atoms with Crippen LogP contribution in [0.15, 0.2) is 122 Å². The summed E-state index contributed by atoms with van der Waals surface area (Å²) in [4.78, 5) is 12.4. The lowest BCUT2D eigenvalue weighted by Crippen LogP contribution is -2.25. The smallest absolute Gasteiger partial charge is 0.0787 e. The highest BCUT2D eigenvalue weighted by atomic mass is 15.1. The topological polar surface area (TPSA) is 29.0 Å². The third kappa shape index (κ3) is 3.66. The van der Waals surface area contributed by atoms with Gasteiger partial charge in [0.2, 0.25) is 0 Å². The third-order valence-corrected chi connectivity index (χ3v) is 10.6. The Balaban J connectivity index is 1.29. The van der Waals surface area contributed by atoms with E-state index in [1.165, 1.54) is 60.5 Å². The van der Waals surface area contributed by atoms with Gasteiger partial charge in [0.1, 0.15) is 0 Å². The predicted molar refractivity (Wildman–Crippen MR) is 192 cm³/mol. The molecule has 0 fully saturated rings. The molecule has 0 spiro atoms. The van der Waals surface area contributed by atoms with Crippen LogP contribution in [0.25, 0.3) is 44.1 Å². The van der Waals surface area contributed by atoms with Crippen molar-refractivity contribution in [2.45, 2.75) is 45.4 Å². The summed E-state index contributed by atoms with van der Waals surface area (Å²) < 4.78 is 0. The number of hydrogen-bond donors (Lipinski definition) is 0. The largest absolute Gasteiger partial charge is 0.310 e. The number of hydrogen-bond acceptors (Lipinski definition) is 3. The van der Waals surface area contributed by atoms with Gasteiger partial charge in [-0.25, -0.2) is 0 Å². The summed E-state index contributed by atoms with van der Waals surface area (Å²) in [5.74, 6) is 0. The van der Waals surface area contributed by atoms with Crippen molar-refractivity contribution in [1.29, 1.82) is 0 Å². The van der Waals surface area contributed by atoms with Crippen molar-refractivity contribution in [2.75, 3.05) is 4.90 Å². The highest BCUT2D eigenvalue weighted by Gasteiger charge is 2.36. The average molecular weight is 594 g/mol. The zero-order chi connectivity index (χ0) is 31.4. The average Bonchev–Trinajstić information content (AvgIpc) is 3.07. The Morgan fingerprint density at radius 2 is 0.935 bits per heavy atom. The molecular formula is C43H35N3. The quantitative estimate of drug-likeness (QED) is 0.204. The van der Waals surface area contributed by atoms with Crippen molar-refractivity contribution in [1.82, 2.24) is 9.97 Å². The van der Waals surface area contributed by atoms with Crippen LogP contribution in [-0.4, -0.2) is 9.97 Å². The van der Waals surface area contributed by atoms with Gasteiger partial charge in [0.25, 0.3) is 0 Å². The Morgan fingerprint density at radius 1 is 0.478 bits per heavy atom. The first-order valence-electron chi connectivity index (χ1n) is 16.2. The molecule has 0 saturated carbocycles. The maximum atomic E-state index is 4.99. The first-order valence-corrected chi connectivity index (χ1v) is 16.2. The summed E-state index contributed by atoms with van der Waals surface area (Å²) in [5, 5.41) is 4.99. The lowest BCUT2D eigenvalue weighted by atomic mass is 9.69. The van der Waals surface area contributed by atoms with Crippen molar-refractivity contribution >= 4 is 38.6 Å². The first kappa shape index (κ1) is 27.1. The molecule has 222 valence electrons. The van der Waals surface area contributed by atoms with E-state index in [2.05, 4.69) is 149 Å². The number of nitrogens with zero attached hydrogens (tertiary/aromatic N) is 3. The van der Waals surface area contributed by atoms with Gasteiger partial charge in [0.15, 0.2) is 0 Å². The zero-order valence-electron chi connectivity index (χ0n) is 26.9. The minimum absolute atomic E-state index is 0.146. The molecule has 2 aliphatic carbocycles. The number of benzene rings is 5. The molecule has 3 nitrogen and oxygen atoms in total. The molecule has 3 heteroatoms. The fourth-order valence-corrected chi connectivity index (χ4v) is 8.17. The van der Waals surface area contributed by atoms with Crippen LogP contribution >= 0.6 is 0 Å². The Morgan fingerprint density at radius 3 is 1.41 bits per heavy atom. The molecule has 0 atom stereocenters. The van der Waals surface area contributed by atoms with Crippen molar-refractivity contribution in [2.24, 2.45) is 0 Å². The van der Waals surface area contributed by atoms with Gasteiger partial charge in [0.05, 0.1) is 11.4 Å². The van der Waals surface area contributed by atoms with Crippen LogP contribution in [0, 0.1) is 6.92 Å². The van der Waals surface area contributed by atoms with E-state index in [1.54, 1.807) is 0 Å². The van der Waals surface area contributed by atoms with Gasteiger partial charge in [-0.3, -0.25) is 9.97 Å². The molecule has 0 aliphatic heterocycles.